The van der Waals surface area contributed by atoms with Gasteiger partial charge in [0, 0.05) is 31.7 Å². The van der Waals surface area contributed by atoms with Crippen LogP contribution in [-0.2, 0) is 4.79 Å². The molecule has 1 heterocycles. The molecule has 26 heavy (non-hydrogen) atoms. The molecule has 0 saturated carbocycles. The van der Waals surface area contributed by atoms with E-state index in [-0.39, 0.29) is 36.5 Å². The first-order chi connectivity index (χ1) is 12.0. The molecule has 3 rings (SSSR count). The van der Waals surface area contributed by atoms with E-state index in [0.717, 1.165) is 17.7 Å². The summed E-state index contributed by atoms with van der Waals surface area (Å²) in [4.78, 5) is 14.2. The van der Waals surface area contributed by atoms with E-state index in [2.05, 4.69) is 10.6 Å². The summed E-state index contributed by atoms with van der Waals surface area (Å²) in [6.07, 6.45) is 0. The molecule has 1 aliphatic heterocycles. The number of nitrogens with zero attached hydrogens (tertiary/aromatic N) is 1. The van der Waals surface area contributed by atoms with Gasteiger partial charge in [-0.2, -0.15) is 0 Å². The van der Waals surface area contributed by atoms with E-state index in [1.165, 1.54) is 18.2 Å². The molecule has 1 saturated heterocycles. The maximum atomic E-state index is 13.7. The van der Waals surface area contributed by atoms with E-state index >= 15 is 0 Å². The lowest BCUT2D eigenvalue weighted by Crippen LogP contribution is -2.48. The number of hydrogen-bond acceptors (Lipinski definition) is 3. The summed E-state index contributed by atoms with van der Waals surface area (Å²) in [6, 6.07) is 9.08. The summed E-state index contributed by atoms with van der Waals surface area (Å²) >= 11 is 0. The van der Waals surface area contributed by atoms with Crippen molar-refractivity contribution < 1.29 is 18.0 Å². The van der Waals surface area contributed by atoms with Crippen LogP contribution in [0.2, 0.25) is 0 Å². The minimum Gasteiger partial charge on any atom is -0.322 e. The molecule has 140 valence electrons. The number of carbonyl (C=O) groups excluding carboxylic acids is 1. The molecule has 2 aromatic rings. The van der Waals surface area contributed by atoms with Crippen molar-refractivity contribution in [3.63, 3.8) is 0 Å². The standard InChI is InChI=1S/C18H18F3N3O.ClH/c19-13-3-1-2-12(8-13)17-10-22-6-7-24(17)11-18(25)23-16-5-4-14(20)9-15(16)21;/h1-5,8-9,17,22H,6-7,10-11H2,(H,23,25);1H. The summed E-state index contributed by atoms with van der Waals surface area (Å²) in [5.41, 5.74) is 0.705. The van der Waals surface area contributed by atoms with Gasteiger partial charge in [0.2, 0.25) is 5.91 Å². The van der Waals surface area contributed by atoms with Gasteiger partial charge in [-0.3, -0.25) is 9.69 Å². The number of nitrogens with one attached hydrogen (secondary N) is 2. The van der Waals surface area contributed by atoms with Crippen molar-refractivity contribution in [1.82, 2.24) is 10.2 Å². The lowest BCUT2D eigenvalue weighted by molar-refractivity contribution is -0.118. The second-order valence-corrected chi connectivity index (χ2v) is 5.92. The van der Waals surface area contributed by atoms with Gasteiger partial charge in [0.1, 0.15) is 17.5 Å². The molecule has 2 aromatic carbocycles. The Hall–Kier alpha value is -2.09. The van der Waals surface area contributed by atoms with E-state index < -0.39 is 17.5 Å². The van der Waals surface area contributed by atoms with Gasteiger partial charge in [-0.15, -0.1) is 12.4 Å². The lowest BCUT2D eigenvalue weighted by atomic mass is 10.0. The molecule has 1 atom stereocenters. The van der Waals surface area contributed by atoms with Gasteiger partial charge < -0.3 is 10.6 Å². The summed E-state index contributed by atoms with van der Waals surface area (Å²) in [5, 5.41) is 5.67. The highest BCUT2D eigenvalue weighted by Crippen LogP contribution is 2.23. The molecule has 4 nitrogen and oxygen atoms in total. The molecular formula is C18H19ClF3N3O. The number of benzene rings is 2. The average molecular weight is 386 g/mol. The topological polar surface area (TPSA) is 44.4 Å². The summed E-state index contributed by atoms with van der Waals surface area (Å²) in [7, 11) is 0. The second kappa shape index (κ2) is 9.02. The van der Waals surface area contributed by atoms with E-state index in [1.54, 1.807) is 6.07 Å². The van der Waals surface area contributed by atoms with E-state index in [9.17, 15) is 18.0 Å². The van der Waals surface area contributed by atoms with Gasteiger partial charge >= 0.3 is 0 Å². The number of halogens is 4. The van der Waals surface area contributed by atoms with E-state index in [1.807, 2.05) is 11.0 Å². The first-order valence-electron chi connectivity index (χ1n) is 7.98. The Kier molecular flexibility index (Phi) is 7.02. The Bertz CT molecular complexity index is 775. The van der Waals surface area contributed by atoms with Crippen LogP contribution in [0, 0.1) is 17.5 Å². The lowest BCUT2D eigenvalue weighted by Gasteiger charge is -2.36. The van der Waals surface area contributed by atoms with E-state index in [4.69, 9.17) is 0 Å². The number of amides is 1. The Morgan fingerprint density at radius 1 is 1.15 bits per heavy atom. The zero-order valence-electron chi connectivity index (χ0n) is 13.8. The SMILES string of the molecule is Cl.O=C(CN1CCNCC1c1cccc(F)c1)Nc1ccc(F)cc1F. The smallest absolute Gasteiger partial charge is 0.238 e. The van der Waals surface area contributed by atoms with Gasteiger partial charge in [-0.05, 0) is 29.8 Å². The monoisotopic (exact) mass is 385 g/mol. The van der Waals surface area contributed by atoms with Crippen molar-refractivity contribution >= 4 is 24.0 Å². The number of piperazine rings is 1. The molecule has 0 spiro atoms. The Labute approximate surface area is 155 Å². The number of rotatable bonds is 4. The van der Waals surface area contributed by atoms with Crippen LogP contribution < -0.4 is 10.6 Å². The van der Waals surface area contributed by atoms with Crippen molar-refractivity contribution in [2.75, 3.05) is 31.5 Å². The van der Waals surface area contributed by atoms with Crippen LogP contribution in [0.1, 0.15) is 11.6 Å². The van der Waals surface area contributed by atoms with Crippen LogP contribution in [0.3, 0.4) is 0 Å². The summed E-state index contributed by atoms with van der Waals surface area (Å²) < 4.78 is 40.1. The van der Waals surface area contributed by atoms with Gasteiger partial charge in [0.05, 0.1) is 12.2 Å². The van der Waals surface area contributed by atoms with Crippen molar-refractivity contribution in [3.8, 4) is 0 Å². The Morgan fingerprint density at radius 2 is 1.92 bits per heavy atom. The fourth-order valence-electron chi connectivity index (χ4n) is 2.94. The molecule has 0 aliphatic carbocycles. The summed E-state index contributed by atoms with van der Waals surface area (Å²) in [6.45, 7) is 1.91. The first-order valence-corrected chi connectivity index (χ1v) is 7.98. The molecule has 0 aromatic heterocycles. The van der Waals surface area contributed by atoms with Crippen molar-refractivity contribution in [2.24, 2.45) is 0 Å². The molecule has 2 N–H and O–H groups in total. The van der Waals surface area contributed by atoms with Crippen molar-refractivity contribution in [2.45, 2.75) is 6.04 Å². The highest BCUT2D eigenvalue weighted by molar-refractivity contribution is 5.92. The third-order valence-electron chi connectivity index (χ3n) is 4.14. The summed E-state index contributed by atoms with van der Waals surface area (Å²) in [5.74, 6) is -2.27. The van der Waals surface area contributed by atoms with Crippen LogP contribution in [0.5, 0.6) is 0 Å². The highest BCUT2D eigenvalue weighted by Gasteiger charge is 2.26. The van der Waals surface area contributed by atoms with E-state index in [0.29, 0.717) is 19.6 Å². The Balaban J connectivity index is 0.00000243. The first kappa shape index (κ1) is 20.2. The molecule has 1 aliphatic rings. The van der Waals surface area contributed by atoms with Crippen LogP contribution in [0.4, 0.5) is 18.9 Å². The number of anilines is 1. The van der Waals surface area contributed by atoms with Crippen LogP contribution in [0.15, 0.2) is 42.5 Å². The predicted octanol–water partition coefficient (Wildman–Crippen LogP) is 3.11. The molecule has 8 heteroatoms. The van der Waals surface area contributed by atoms with Gasteiger partial charge in [-0.1, -0.05) is 12.1 Å². The maximum Gasteiger partial charge on any atom is 0.238 e. The average Bonchev–Trinajstić information content (AvgIpc) is 2.58. The van der Waals surface area contributed by atoms with Gasteiger partial charge in [0.15, 0.2) is 0 Å². The van der Waals surface area contributed by atoms with Crippen LogP contribution in [0.25, 0.3) is 0 Å². The number of hydrogen-bond donors (Lipinski definition) is 2. The van der Waals surface area contributed by atoms with Crippen molar-refractivity contribution in [1.29, 1.82) is 0 Å². The molecule has 0 radical (unpaired) electrons. The number of carbonyl (C=O) groups is 1. The van der Waals surface area contributed by atoms with Gasteiger partial charge in [0.25, 0.3) is 0 Å². The van der Waals surface area contributed by atoms with Crippen LogP contribution in [-0.4, -0.2) is 37.0 Å². The zero-order valence-corrected chi connectivity index (χ0v) is 14.7. The quantitative estimate of drug-likeness (QED) is 0.850. The second-order valence-electron chi connectivity index (χ2n) is 5.92. The molecule has 1 amide bonds. The fourth-order valence-corrected chi connectivity index (χ4v) is 2.94. The molecular weight excluding hydrogens is 367 g/mol. The minimum atomic E-state index is -0.824. The largest absolute Gasteiger partial charge is 0.322 e. The third-order valence-corrected chi connectivity index (χ3v) is 4.14. The normalized spacial score (nSPS) is 17.4. The fraction of sp³-hybridized carbons (Fsp3) is 0.278. The highest BCUT2D eigenvalue weighted by atomic mass is 35.5. The zero-order chi connectivity index (χ0) is 17.8. The molecule has 0 bridgehead atoms. The molecule has 1 fully saturated rings. The third kappa shape index (κ3) is 4.97. The maximum absolute atomic E-state index is 13.7. The molecule has 1 unspecified atom stereocenters. The Morgan fingerprint density at radius 3 is 2.65 bits per heavy atom. The minimum absolute atomic E-state index is 0. The van der Waals surface area contributed by atoms with Crippen LogP contribution >= 0.6 is 12.4 Å². The predicted molar refractivity (Wildman–Crippen MR) is 95.8 cm³/mol. The van der Waals surface area contributed by atoms with Gasteiger partial charge in [-0.25, -0.2) is 13.2 Å². The van der Waals surface area contributed by atoms with Crippen molar-refractivity contribution in [3.05, 3.63) is 65.5 Å².